The second-order valence-electron chi connectivity index (χ2n) is 5.12. The van der Waals surface area contributed by atoms with E-state index in [9.17, 15) is 8.42 Å². The van der Waals surface area contributed by atoms with E-state index < -0.39 is 9.84 Å². The molecule has 1 fully saturated rings. The van der Waals surface area contributed by atoms with Crippen molar-refractivity contribution in [3.05, 3.63) is 5.82 Å². The van der Waals surface area contributed by atoms with E-state index in [0.717, 1.165) is 19.4 Å². The van der Waals surface area contributed by atoms with Crippen LogP contribution in [0.2, 0.25) is 0 Å². The minimum Gasteiger partial charge on any atom is -0.313 e. The van der Waals surface area contributed by atoms with Crippen molar-refractivity contribution in [3.8, 4) is 0 Å². The molecule has 2 unspecified atom stereocenters. The lowest BCUT2D eigenvalue weighted by Gasteiger charge is -2.22. The Morgan fingerprint density at radius 2 is 2.32 bits per heavy atom. The highest BCUT2D eigenvalue weighted by Gasteiger charge is 2.34. The average molecular weight is 287 g/mol. The Labute approximate surface area is 113 Å². The largest absolute Gasteiger partial charge is 0.313 e. The maximum absolute atomic E-state index is 11.6. The summed E-state index contributed by atoms with van der Waals surface area (Å²) >= 11 is 0. The molecule has 1 aromatic rings. The number of sulfone groups is 1. The summed E-state index contributed by atoms with van der Waals surface area (Å²) in [6.07, 6.45) is 2.38. The molecular weight excluding hydrogens is 266 g/mol. The van der Waals surface area contributed by atoms with Crippen LogP contribution in [-0.2, 0) is 23.3 Å². The van der Waals surface area contributed by atoms with Crippen molar-refractivity contribution in [2.24, 2.45) is 13.0 Å². The first-order chi connectivity index (χ1) is 9.00. The SMILES string of the molecule is CCCNC(Cc1nnn(C)n1)C1CCS(=O)(=O)C1. The van der Waals surface area contributed by atoms with Gasteiger partial charge in [-0.1, -0.05) is 6.92 Å². The average Bonchev–Trinajstić information content (AvgIpc) is 2.90. The van der Waals surface area contributed by atoms with Gasteiger partial charge in [0.25, 0.3) is 0 Å². The Hall–Kier alpha value is -1.02. The third kappa shape index (κ3) is 3.97. The van der Waals surface area contributed by atoms with Gasteiger partial charge in [0, 0.05) is 12.5 Å². The zero-order valence-corrected chi connectivity index (χ0v) is 12.2. The molecule has 2 rings (SSSR count). The Morgan fingerprint density at radius 1 is 1.53 bits per heavy atom. The highest BCUT2D eigenvalue weighted by molar-refractivity contribution is 7.91. The molecule has 1 aromatic heterocycles. The Morgan fingerprint density at radius 3 is 2.84 bits per heavy atom. The minimum absolute atomic E-state index is 0.112. The van der Waals surface area contributed by atoms with E-state index in [1.807, 2.05) is 0 Å². The molecule has 8 heteroatoms. The lowest BCUT2D eigenvalue weighted by Crippen LogP contribution is -2.39. The van der Waals surface area contributed by atoms with Crippen LogP contribution in [0.25, 0.3) is 0 Å². The second-order valence-corrected chi connectivity index (χ2v) is 7.35. The van der Waals surface area contributed by atoms with Gasteiger partial charge in [0.05, 0.1) is 18.6 Å². The maximum Gasteiger partial charge on any atom is 0.176 e. The minimum atomic E-state index is -2.85. The number of hydrogen-bond donors (Lipinski definition) is 1. The number of aryl methyl sites for hydroxylation is 1. The van der Waals surface area contributed by atoms with Crippen LogP contribution in [0.3, 0.4) is 0 Å². The first-order valence-electron chi connectivity index (χ1n) is 6.67. The van der Waals surface area contributed by atoms with Gasteiger partial charge in [-0.2, -0.15) is 4.80 Å². The summed E-state index contributed by atoms with van der Waals surface area (Å²) in [5.41, 5.74) is 0. The van der Waals surface area contributed by atoms with E-state index in [4.69, 9.17) is 0 Å². The molecule has 0 saturated carbocycles. The summed E-state index contributed by atoms with van der Waals surface area (Å²) < 4.78 is 23.2. The lowest BCUT2D eigenvalue weighted by atomic mass is 9.96. The van der Waals surface area contributed by atoms with Crippen LogP contribution in [0.1, 0.15) is 25.6 Å². The van der Waals surface area contributed by atoms with Gasteiger partial charge < -0.3 is 5.32 Å². The third-order valence-corrected chi connectivity index (χ3v) is 5.24. The normalized spacial score (nSPS) is 23.6. The first-order valence-corrected chi connectivity index (χ1v) is 8.49. The fraction of sp³-hybridized carbons (Fsp3) is 0.909. The summed E-state index contributed by atoms with van der Waals surface area (Å²) in [4.78, 5) is 1.43. The molecule has 7 nitrogen and oxygen atoms in total. The summed E-state index contributed by atoms with van der Waals surface area (Å²) in [6.45, 7) is 2.97. The quantitative estimate of drug-likeness (QED) is 0.762. The summed E-state index contributed by atoms with van der Waals surface area (Å²) in [7, 11) is -1.13. The fourth-order valence-corrected chi connectivity index (χ4v) is 4.36. The molecule has 0 aliphatic carbocycles. The zero-order chi connectivity index (χ0) is 13.9. The number of nitrogens with zero attached hydrogens (tertiary/aromatic N) is 4. The van der Waals surface area contributed by atoms with Crippen molar-refractivity contribution < 1.29 is 8.42 Å². The molecule has 0 radical (unpaired) electrons. The number of tetrazole rings is 1. The molecule has 0 bridgehead atoms. The van der Waals surface area contributed by atoms with Crippen molar-refractivity contribution in [3.63, 3.8) is 0 Å². The standard InChI is InChI=1S/C11H21N5O2S/c1-3-5-12-10(7-11-13-15-16(2)14-11)9-4-6-19(17,18)8-9/h9-10,12H,3-8H2,1-2H3. The smallest absolute Gasteiger partial charge is 0.176 e. The second kappa shape index (κ2) is 5.96. The Kier molecular flexibility index (Phi) is 4.51. The van der Waals surface area contributed by atoms with Crippen molar-refractivity contribution in [2.75, 3.05) is 18.1 Å². The van der Waals surface area contributed by atoms with Crippen molar-refractivity contribution in [2.45, 2.75) is 32.2 Å². The van der Waals surface area contributed by atoms with E-state index >= 15 is 0 Å². The predicted octanol–water partition coefficient (Wildman–Crippen LogP) is -0.444. The van der Waals surface area contributed by atoms with E-state index in [1.54, 1.807) is 7.05 Å². The van der Waals surface area contributed by atoms with Gasteiger partial charge in [0.2, 0.25) is 0 Å². The van der Waals surface area contributed by atoms with Crippen LogP contribution in [-0.4, -0.2) is 52.7 Å². The lowest BCUT2D eigenvalue weighted by molar-refractivity contribution is 0.373. The molecule has 2 atom stereocenters. The van der Waals surface area contributed by atoms with E-state index in [-0.39, 0.29) is 17.7 Å². The number of nitrogens with one attached hydrogen (secondary N) is 1. The zero-order valence-electron chi connectivity index (χ0n) is 11.4. The predicted molar refractivity (Wildman–Crippen MR) is 71.3 cm³/mol. The first kappa shape index (κ1) is 14.4. The van der Waals surface area contributed by atoms with E-state index in [1.165, 1.54) is 4.80 Å². The van der Waals surface area contributed by atoms with Crippen LogP contribution >= 0.6 is 0 Å². The molecule has 108 valence electrons. The molecule has 0 aromatic carbocycles. The Balaban J connectivity index is 2.03. The van der Waals surface area contributed by atoms with Gasteiger partial charge >= 0.3 is 0 Å². The van der Waals surface area contributed by atoms with Gasteiger partial charge in [-0.15, -0.1) is 10.2 Å². The summed E-state index contributed by atoms with van der Waals surface area (Å²) in [6, 6.07) is 0.112. The summed E-state index contributed by atoms with van der Waals surface area (Å²) in [5, 5.41) is 15.4. The van der Waals surface area contributed by atoms with Crippen molar-refractivity contribution in [1.82, 2.24) is 25.5 Å². The van der Waals surface area contributed by atoms with Crippen LogP contribution in [0, 0.1) is 5.92 Å². The van der Waals surface area contributed by atoms with Gasteiger partial charge in [-0.25, -0.2) is 8.42 Å². The van der Waals surface area contributed by atoms with Crippen molar-refractivity contribution in [1.29, 1.82) is 0 Å². The highest BCUT2D eigenvalue weighted by atomic mass is 32.2. The third-order valence-electron chi connectivity index (χ3n) is 3.45. The topological polar surface area (TPSA) is 89.8 Å². The maximum atomic E-state index is 11.6. The number of aromatic nitrogens is 4. The molecule has 1 aliphatic heterocycles. The van der Waals surface area contributed by atoms with Crippen LogP contribution in [0.15, 0.2) is 0 Å². The molecule has 1 N–H and O–H groups in total. The number of rotatable bonds is 6. The molecule has 1 aliphatic rings. The monoisotopic (exact) mass is 287 g/mol. The van der Waals surface area contributed by atoms with E-state index in [2.05, 4.69) is 27.7 Å². The molecule has 1 saturated heterocycles. The van der Waals surface area contributed by atoms with Crippen LogP contribution in [0.5, 0.6) is 0 Å². The molecule has 0 spiro atoms. The fourth-order valence-electron chi connectivity index (χ4n) is 2.48. The van der Waals surface area contributed by atoms with Crippen LogP contribution < -0.4 is 5.32 Å². The van der Waals surface area contributed by atoms with Gasteiger partial charge in [0.1, 0.15) is 0 Å². The highest BCUT2D eigenvalue weighted by Crippen LogP contribution is 2.23. The van der Waals surface area contributed by atoms with Gasteiger partial charge in [0.15, 0.2) is 15.7 Å². The van der Waals surface area contributed by atoms with Gasteiger partial charge in [-0.3, -0.25) is 0 Å². The van der Waals surface area contributed by atoms with Crippen molar-refractivity contribution >= 4 is 9.84 Å². The molecule has 19 heavy (non-hydrogen) atoms. The molecular formula is C11H21N5O2S. The molecule has 0 amide bonds. The van der Waals surface area contributed by atoms with E-state index in [0.29, 0.717) is 18.0 Å². The number of hydrogen-bond acceptors (Lipinski definition) is 6. The summed E-state index contributed by atoms with van der Waals surface area (Å²) in [5.74, 6) is 1.39. The van der Waals surface area contributed by atoms with Crippen LogP contribution in [0.4, 0.5) is 0 Å². The molecule has 2 heterocycles. The van der Waals surface area contributed by atoms with Gasteiger partial charge in [-0.05, 0) is 30.5 Å². The Bertz CT molecular complexity index is 513.